The van der Waals surface area contributed by atoms with Crippen LogP contribution in [-0.4, -0.2) is 46.2 Å². The zero-order chi connectivity index (χ0) is 16.0. The van der Waals surface area contributed by atoms with E-state index in [0.29, 0.717) is 18.5 Å². The van der Waals surface area contributed by atoms with Crippen molar-refractivity contribution in [3.05, 3.63) is 0 Å². The molecule has 0 spiro atoms. The van der Waals surface area contributed by atoms with Gasteiger partial charge in [-0.15, -0.1) is 0 Å². The SMILES string of the molecule is CC(C)NC(C)(CCCCN1[C@H](C)CCC[C@@H]1C)C(=O)O. The van der Waals surface area contributed by atoms with Crippen LogP contribution in [0.5, 0.6) is 0 Å². The minimum Gasteiger partial charge on any atom is -0.480 e. The summed E-state index contributed by atoms with van der Waals surface area (Å²) in [7, 11) is 0. The molecule has 3 atom stereocenters. The Bertz CT molecular complexity index is 323. The van der Waals surface area contributed by atoms with E-state index in [1.807, 2.05) is 20.8 Å². The summed E-state index contributed by atoms with van der Waals surface area (Å²) in [5.74, 6) is -0.740. The molecule has 0 aromatic rings. The Morgan fingerprint density at radius 2 is 1.86 bits per heavy atom. The largest absolute Gasteiger partial charge is 0.480 e. The molecule has 1 aliphatic heterocycles. The molecule has 0 bridgehead atoms. The lowest BCUT2D eigenvalue weighted by Gasteiger charge is -2.39. The van der Waals surface area contributed by atoms with Crippen molar-refractivity contribution in [3.63, 3.8) is 0 Å². The number of carboxylic acid groups (broad SMARTS) is 1. The van der Waals surface area contributed by atoms with E-state index in [1.165, 1.54) is 19.3 Å². The van der Waals surface area contributed by atoms with Gasteiger partial charge >= 0.3 is 5.97 Å². The molecule has 0 amide bonds. The van der Waals surface area contributed by atoms with Gasteiger partial charge in [0.05, 0.1) is 0 Å². The molecule has 124 valence electrons. The summed E-state index contributed by atoms with van der Waals surface area (Å²) in [6, 6.07) is 1.54. The van der Waals surface area contributed by atoms with Crippen LogP contribution in [0, 0.1) is 0 Å². The first-order valence-electron chi connectivity index (χ1n) is 8.53. The van der Waals surface area contributed by atoms with E-state index in [-0.39, 0.29) is 6.04 Å². The van der Waals surface area contributed by atoms with Crippen LogP contribution in [0.15, 0.2) is 0 Å². The van der Waals surface area contributed by atoms with Gasteiger partial charge in [0.15, 0.2) is 0 Å². The number of hydrogen-bond donors (Lipinski definition) is 2. The normalized spacial score (nSPS) is 26.8. The summed E-state index contributed by atoms with van der Waals surface area (Å²) in [5.41, 5.74) is -0.798. The standard InChI is InChI=1S/C17H34N2O2/c1-13(2)18-17(5,16(20)21)11-6-7-12-19-14(3)9-8-10-15(19)4/h13-15,18H,6-12H2,1-5H3,(H,20,21)/t14-,15+,17?. The fourth-order valence-electron chi connectivity index (χ4n) is 3.57. The molecular formula is C17H34N2O2. The van der Waals surface area contributed by atoms with Crippen molar-refractivity contribution in [3.8, 4) is 0 Å². The minimum absolute atomic E-state index is 0.188. The highest BCUT2D eigenvalue weighted by Gasteiger charge is 2.33. The highest BCUT2D eigenvalue weighted by atomic mass is 16.4. The maximum Gasteiger partial charge on any atom is 0.323 e. The molecule has 21 heavy (non-hydrogen) atoms. The van der Waals surface area contributed by atoms with Crippen molar-refractivity contribution in [2.75, 3.05) is 6.54 Å². The van der Waals surface area contributed by atoms with E-state index < -0.39 is 11.5 Å². The predicted octanol–water partition coefficient (Wildman–Crippen LogP) is 3.26. The molecule has 1 fully saturated rings. The Morgan fingerprint density at radius 3 is 2.33 bits per heavy atom. The van der Waals surface area contributed by atoms with Gasteiger partial charge in [0.2, 0.25) is 0 Å². The summed E-state index contributed by atoms with van der Waals surface area (Å²) in [4.78, 5) is 14.1. The Balaban J connectivity index is 2.39. The second-order valence-corrected chi connectivity index (χ2v) is 7.26. The summed E-state index contributed by atoms with van der Waals surface area (Å²) in [6.45, 7) is 11.5. The molecule has 1 unspecified atom stereocenters. The first-order chi connectivity index (χ1) is 9.76. The second kappa shape index (κ2) is 8.14. The molecule has 2 N–H and O–H groups in total. The average molecular weight is 298 g/mol. The first kappa shape index (κ1) is 18.4. The van der Waals surface area contributed by atoms with Crippen molar-refractivity contribution in [2.45, 2.75) is 96.8 Å². The van der Waals surface area contributed by atoms with Crippen LogP contribution < -0.4 is 5.32 Å². The van der Waals surface area contributed by atoms with Crippen LogP contribution in [0.25, 0.3) is 0 Å². The van der Waals surface area contributed by atoms with Crippen molar-refractivity contribution in [1.82, 2.24) is 10.2 Å². The van der Waals surface area contributed by atoms with Gasteiger partial charge in [0.1, 0.15) is 5.54 Å². The van der Waals surface area contributed by atoms with Gasteiger partial charge < -0.3 is 5.11 Å². The van der Waals surface area contributed by atoms with Crippen molar-refractivity contribution >= 4 is 5.97 Å². The van der Waals surface area contributed by atoms with Crippen LogP contribution >= 0.6 is 0 Å². The number of aliphatic carboxylic acids is 1. The number of carboxylic acids is 1. The highest BCUT2D eigenvalue weighted by molar-refractivity contribution is 5.78. The summed E-state index contributed by atoms with van der Waals surface area (Å²) in [6.07, 6.45) is 6.67. The van der Waals surface area contributed by atoms with Gasteiger partial charge in [-0.1, -0.05) is 6.42 Å². The molecule has 1 aliphatic rings. The lowest BCUT2D eigenvalue weighted by molar-refractivity contribution is -0.144. The van der Waals surface area contributed by atoms with Gasteiger partial charge in [0, 0.05) is 18.1 Å². The number of nitrogens with zero attached hydrogens (tertiary/aromatic N) is 1. The van der Waals surface area contributed by atoms with Crippen molar-refractivity contribution in [2.24, 2.45) is 0 Å². The van der Waals surface area contributed by atoms with E-state index >= 15 is 0 Å². The molecule has 0 radical (unpaired) electrons. The number of hydrogen-bond acceptors (Lipinski definition) is 3. The lowest BCUT2D eigenvalue weighted by Crippen LogP contribution is -2.52. The van der Waals surface area contributed by atoms with Crippen LogP contribution in [-0.2, 0) is 4.79 Å². The monoisotopic (exact) mass is 298 g/mol. The highest BCUT2D eigenvalue weighted by Crippen LogP contribution is 2.23. The molecular weight excluding hydrogens is 264 g/mol. The number of rotatable bonds is 8. The third-order valence-electron chi connectivity index (χ3n) is 4.80. The number of unbranched alkanes of at least 4 members (excludes halogenated alkanes) is 1. The molecule has 1 heterocycles. The Morgan fingerprint density at radius 1 is 1.29 bits per heavy atom. The maximum absolute atomic E-state index is 11.5. The third-order valence-corrected chi connectivity index (χ3v) is 4.80. The van der Waals surface area contributed by atoms with Crippen molar-refractivity contribution in [1.29, 1.82) is 0 Å². The molecule has 0 aliphatic carbocycles. The fraction of sp³-hybridized carbons (Fsp3) is 0.941. The minimum atomic E-state index is -0.798. The number of likely N-dealkylation sites (tertiary alicyclic amines) is 1. The van der Waals surface area contributed by atoms with Gasteiger partial charge in [-0.05, 0) is 73.3 Å². The lowest BCUT2D eigenvalue weighted by atomic mass is 9.93. The molecule has 0 aromatic carbocycles. The van der Waals surface area contributed by atoms with Gasteiger partial charge in [0.25, 0.3) is 0 Å². The second-order valence-electron chi connectivity index (χ2n) is 7.26. The molecule has 4 nitrogen and oxygen atoms in total. The van der Waals surface area contributed by atoms with E-state index in [4.69, 9.17) is 0 Å². The van der Waals surface area contributed by atoms with Crippen LogP contribution in [0.3, 0.4) is 0 Å². The summed E-state index contributed by atoms with van der Waals surface area (Å²) < 4.78 is 0. The average Bonchev–Trinajstić information content (AvgIpc) is 2.36. The zero-order valence-electron chi connectivity index (χ0n) is 14.5. The van der Waals surface area contributed by atoms with E-state index in [9.17, 15) is 9.90 Å². The number of piperidine rings is 1. The Hall–Kier alpha value is -0.610. The van der Waals surface area contributed by atoms with E-state index in [1.54, 1.807) is 0 Å². The molecule has 1 rings (SSSR count). The fourth-order valence-corrected chi connectivity index (χ4v) is 3.57. The topological polar surface area (TPSA) is 52.6 Å². The molecule has 4 heteroatoms. The van der Waals surface area contributed by atoms with Crippen LogP contribution in [0.2, 0.25) is 0 Å². The smallest absolute Gasteiger partial charge is 0.323 e. The molecule has 0 saturated carbocycles. The Kier molecular flexibility index (Phi) is 7.14. The Labute approximate surface area is 130 Å². The van der Waals surface area contributed by atoms with Crippen molar-refractivity contribution < 1.29 is 9.90 Å². The zero-order valence-corrected chi connectivity index (χ0v) is 14.5. The number of carbonyl (C=O) groups is 1. The van der Waals surface area contributed by atoms with Gasteiger partial charge in [-0.2, -0.15) is 0 Å². The predicted molar refractivity (Wildman–Crippen MR) is 87.6 cm³/mol. The van der Waals surface area contributed by atoms with Crippen LogP contribution in [0.1, 0.15) is 73.1 Å². The number of nitrogens with one attached hydrogen (secondary N) is 1. The molecule has 1 saturated heterocycles. The first-order valence-corrected chi connectivity index (χ1v) is 8.53. The molecule has 0 aromatic heterocycles. The quantitative estimate of drug-likeness (QED) is 0.675. The van der Waals surface area contributed by atoms with Gasteiger partial charge in [-0.3, -0.25) is 15.0 Å². The van der Waals surface area contributed by atoms with Crippen LogP contribution in [0.4, 0.5) is 0 Å². The van der Waals surface area contributed by atoms with E-state index in [0.717, 1.165) is 19.4 Å². The summed E-state index contributed by atoms with van der Waals surface area (Å²) >= 11 is 0. The van der Waals surface area contributed by atoms with Gasteiger partial charge in [-0.25, -0.2) is 0 Å². The summed E-state index contributed by atoms with van der Waals surface area (Å²) in [5, 5.41) is 12.6. The van der Waals surface area contributed by atoms with E-state index in [2.05, 4.69) is 24.1 Å². The maximum atomic E-state index is 11.5. The third kappa shape index (κ3) is 5.59.